The van der Waals surface area contributed by atoms with E-state index in [2.05, 4.69) is 23.3 Å². The standard InChI is InChI=1S/C13H21N3/c1-16-7-6-11(10-16)8-15-9-12-4-2-3-5-13(12)14/h2-5,11,15H,6-10,14H2,1H3. The number of para-hydroxylation sites is 1. The quantitative estimate of drug-likeness (QED) is 0.750. The lowest BCUT2D eigenvalue weighted by Crippen LogP contribution is -2.25. The molecule has 1 saturated heterocycles. The topological polar surface area (TPSA) is 41.3 Å². The summed E-state index contributed by atoms with van der Waals surface area (Å²) >= 11 is 0. The molecule has 2 rings (SSSR count). The summed E-state index contributed by atoms with van der Waals surface area (Å²) in [5, 5.41) is 3.50. The first-order chi connectivity index (χ1) is 7.75. The average molecular weight is 219 g/mol. The molecule has 0 saturated carbocycles. The third-order valence-corrected chi connectivity index (χ3v) is 3.29. The van der Waals surface area contributed by atoms with E-state index in [9.17, 15) is 0 Å². The molecule has 1 aliphatic rings. The number of hydrogen-bond donors (Lipinski definition) is 2. The first kappa shape index (κ1) is 11.4. The van der Waals surface area contributed by atoms with Gasteiger partial charge in [0.15, 0.2) is 0 Å². The molecule has 1 unspecified atom stereocenters. The second-order valence-electron chi connectivity index (χ2n) is 4.75. The highest BCUT2D eigenvalue weighted by Gasteiger charge is 2.18. The molecule has 0 bridgehead atoms. The Kier molecular flexibility index (Phi) is 3.80. The SMILES string of the molecule is CN1CCC(CNCc2ccccc2N)C1. The number of nitrogens with one attached hydrogen (secondary N) is 1. The van der Waals surface area contributed by atoms with Gasteiger partial charge in [-0.3, -0.25) is 0 Å². The largest absolute Gasteiger partial charge is 0.398 e. The number of likely N-dealkylation sites (tertiary alicyclic amines) is 1. The second-order valence-corrected chi connectivity index (χ2v) is 4.75. The Hall–Kier alpha value is -1.06. The number of benzene rings is 1. The fraction of sp³-hybridized carbons (Fsp3) is 0.538. The maximum absolute atomic E-state index is 5.89. The Bertz CT molecular complexity index is 338. The van der Waals surface area contributed by atoms with Crippen molar-refractivity contribution in [2.45, 2.75) is 13.0 Å². The lowest BCUT2D eigenvalue weighted by molar-refractivity contribution is 0.388. The Morgan fingerprint density at radius 1 is 1.44 bits per heavy atom. The van der Waals surface area contributed by atoms with Gasteiger partial charge >= 0.3 is 0 Å². The van der Waals surface area contributed by atoms with Crippen molar-refractivity contribution in [1.29, 1.82) is 0 Å². The Balaban J connectivity index is 1.74. The molecule has 1 aromatic carbocycles. The van der Waals surface area contributed by atoms with E-state index >= 15 is 0 Å². The highest BCUT2D eigenvalue weighted by atomic mass is 15.1. The summed E-state index contributed by atoms with van der Waals surface area (Å²) in [6.07, 6.45) is 1.31. The molecule has 0 aliphatic carbocycles. The van der Waals surface area contributed by atoms with Gasteiger partial charge in [-0.1, -0.05) is 18.2 Å². The lowest BCUT2D eigenvalue weighted by Gasteiger charge is -2.12. The van der Waals surface area contributed by atoms with Gasteiger partial charge in [-0.15, -0.1) is 0 Å². The van der Waals surface area contributed by atoms with Crippen LogP contribution in [0.3, 0.4) is 0 Å². The summed E-state index contributed by atoms with van der Waals surface area (Å²) < 4.78 is 0. The van der Waals surface area contributed by atoms with Crippen molar-refractivity contribution in [2.24, 2.45) is 5.92 Å². The summed E-state index contributed by atoms with van der Waals surface area (Å²) in [4.78, 5) is 2.39. The molecular formula is C13H21N3. The van der Waals surface area contributed by atoms with Crippen LogP contribution < -0.4 is 11.1 Å². The van der Waals surface area contributed by atoms with Crippen molar-refractivity contribution >= 4 is 5.69 Å². The maximum Gasteiger partial charge on any atom is 0.0359 e. The lowest BCUT2D eigenvalue weighted by atomic mass is 10.1. The van der Waals surface area contributed by atoms with Gasteiger partial charge in [0, 0.05) is 18.8 Å². The molecule has 0 spiro atoms. The number of nitrogens with zero attached hydrogens (tertiary/aromatic N) is 1. The average Bonchev–Trinajstić information content (AvgIpc) is 2.67. The monoisotopic (exact) mass is 219 g/mol. The molecule has 0 aromatic heterocycles. The molecule has 3 nitrogen and oxygen atoms in total. The normalized spacial score (nSPS) is 21.4. The third-order valence-electron chi connectivity index (χ3n) is 3.29. The van der Waals surface area contributed by atoms with Crippen LogP contribution in [0.1, 0.15) is 12.0 Å². The van der Waals surface area contributed by atoms with E-state index in [0.717, 1.165) is 24.7 Å². The molecule has 0 amide bonds. The fourth-order valence-electron chi connectivity index (χ4n) is 2.30. The van der Waals surface area contributed by atoms with E-state index in [-0.39, 0.29) is 0 Å². The van der Waals surface area contributed by atoms with Crippen LogP contribution in [-0.4, -0.2) is 31.6 Å². The minimum atomic E-state index is 0.801. The molecule has 1 aliphatic heterocycles. The van der Waals surface area contributed by atoms with E-state index in [1.807, 2.05) is 18.2 Å². The minimum absolute atomic E-state index is 0.801. The van der Waals surface area contributed by atoms with Crippen LogP contribution in [-0.2, 0) is 6.54 Å². The first-order valence-electron chi connectivity index (χ1n) is 5.98. The van der Waals surface area contributed by atoms with Crippen molar-refractivity contribution in [3.63, 3.8) is 0 Å². The molecule has 88 valence electrons. The molecule has 1 atom stereocenters. The third kappa shape index (κ3) is 2.97. The van der Waals surface area contributed by atoms with Crippen LogP contribution in [0.25, 0.3) is 0 Å². The van der Waals surface area contributed by atoms with E-state index in [1.165, 1.54) is 25.1 Å². The van der Waals surface area contributed by atoms with Crippen LogP contribution in [0, 0.1) is 5.92 Å². The van der Waals surface area contributed by atoms with Crippen molar-refractivity contribution < 1.29 is 0 Å². The number of anilines is 1. The molecule has 3 N–H and O–H groups in total. The minimum Gasteiger partial charge on any atom is -0.398 e. The van der Waals surface area contributed by atoms with Gasteiger partial charge in [0.1, 0.15) is 0 Å². The molecule has 1 aromatic rings. The highest BCUT2D eigenvalue weighted by Crippen LogP contribution is 2.14. The van der Waals surface area contributed by atoms with Gasteiger partial charge in [0.05, 0.1) is 0 Å². The first-order valence-corrected chi connectivity index (χ1v) is 5.98. The Labute approximate surface area is 97.6 Å². The van der Waals surface area contributed by atoms with E-state index in [4.69, 9.17) is 5.73 Å². The van der Waals surface area contributed by atoms with E-state index < -0.39 is 0 Å². The van der Waals surface area contributed by atoms with E-state index in [0.29, 0.717) is 0 Å². The van der Waals surface area contributed by atoms with Crippen molar-refractivity contribution in [3.8, 4) is 0 Å². The number of nitrogen functional groups attached to an aromatic ring is 1. The number of nitrogens with two attached hydrogens (primary N) is 1. The number of hydrogen-bond acceptors (Lipinski definition) is 3. The van der Waals surface area contributed by atoms with Gasteiger partial charge in [-0.2, -0.15) is 0 Å². The zero-order valence-electron chi connectivity index (χ0n) is 9.95. The molecule has 1 fully saturated rings. The summed E-state index contributed by atoms with van der Waals surface area (Å²) in [7, 11) is 2.19. The zero-order chi connectivity index (χ0) is 11.4. The van der Waals surface area contributed by atoms with Crippen molar-refractivity contribution in [3.05, 3.63) is 29.8 Å². The van der Waals surface area contributed by atoms with Crippen LogP contribution in [0.4, 0.5) is 5.69 Å². The van der Waals surface area contributed by atoms with Crippen LogP contribution in [0.5, 0.6) is 0 Å². The van der Waals surface area contributed by atoms with Crippen molar-refractivity contribution in [1.82, 2.24) is 10.2 Å². The second kappa shape index (κ2) is 5.32. The van der Waals surface area contributed by atoms with Gasteiger partial charge < -0.3 is 16.0 Å². The molecule has 0 radical (unpaired) electrons. The summed E-state index contributed by atoms with van der Waals surface area (Å²) in [5.41, 5.74) is 7.98. The smallest absolute Gasteiger partial charge is 0.0359 e. The van der Waals surface area contributed by atoms with Crippen LogP contribution in [0.15, 0.2) is 24.3 Å². The van der Waals surface area contributed by atoms with E-state index in [1.54, 1.807) is 0 Å². The maximum atomic E-state index is 5.89. The van der Waals surface area contributed by atoms with Crippen LogP contribution >= 0.6 is 0 Å². The highest BCUT2D eigenvalue weighted by molar-refractivity contribution is 5.46. The molecule has 1 heterocycles. The fourth-order valence-corrected chi connectivity index (χ4v) is 2.30. The van der Waals surface area contributed by atoms with Gasteiger partial charge in [-0.25, -0.2) is 0 Å². The summed E-state index contributed by atoms with van der Waals surface area (Å²) in [5.74, 6) is 0.801. The predicted octanol–water partition coefficient (Wildman–Crippen LogP) is 1.31. The Morgan fingerprint density at radius 3 is 2.94 bits per heavy atom. The summed E-state index contributed by atoms with van der Waals surface area (Å²) in [6.45, 7) is 4.43. The van der Waals surface area contributed by atoms with Gasteiger partial charge in [0.25, 0.3) is 0 Å². The number of rotatable bonds is 4. The zero-order valence-corrected chi connectivity index (χ0v) is 9.95. The summed E-state index contributed by atoms with van der Waals surface area (Å²) in [6, 6.07) is 8.06. The molecular weight excluding hydrogens is 198 g/mol. The van der Waals surface area contributed by atoms with Crippen molar-refractivity contribution in [2.75, 3.05) is 32.4 Å². The van der Waals surface area contributed by atoms with Gasteiger partial charge in [0.2, 0.25) is 0 Å². The van der Waals surface area contributed by atoms with Crippen LogP contribution in [0.2, 0.25) is 0 Å². The molecule has 16 heavy (non-hydrogen) atoms. The molecule has 3 heteroatoms. The predicted molar refractivity (Wildman–Crippen MR) is 68.2 cm³/mol. The Morgan fingerprint density at radius 2 is 2.25 bits per heavy atom. The van der Waals surface area contributed by atoms with Gasteiger partial charge in [-0.05, 0) is 44.1 Å².